The second-order valence-corrected chi connectivity index (χ2v) is 7.54. The van der Waals surface area contributed by atoms with Gasteiger partial charge in [0, 0.05) is 24.7 Å². The van der Waals surface area contributed by atoms with Crippen molar-refractivity contribution >= 4 is 28.7 Å². The Kier molecular flexibility index (Phi) is 4.65. The third kappa shape index (κ3) is 3.41. The molecule has 1 aliphatic carbocycles. The Balaban J connectivity index is 1.36. The highest BCUT2D eigenvalue weighted by Gasteiger charge is 2.31. The van der Waals surface area contributed by atoms with Gasteiger partial charge in [-0.2, -0.15) is 14.6 Å². The molecule has 0 N–H and O–H groups in total. The van der Waals surface area contributed by atoms with E-state index in [4.69, 9.17) is 0 Å². The van der Waals surface area contributed by atoms with Crippen molar-refractivity contribution in [1.82, 2.24) is 29.5 Å². The predicted octanol–water partition coefficient (Wildman–Crippen LogP) is 3.93. The maximum absolute atomic E-state index is 13.2. The van der Waals surface area contributed by atoms with Crippen molar-refractivity contribution in [2.75, 3.05) is 7.05 Å². The summed E-state index contributed by atoms with van der Waals surface area (Å²) in [7, 11) is 1.78. The quantitative estimate of drug-likeness (QED) is 0.500. The topological polar surface area (TPSA) is 76.3 Å². The molecule has 31 heavy (non-hydrogen) atoms. The number of halogens is 2. The number of carbonyl (C=O) groups excluding carboxylic acids is 1. The van der Waals surface area contributed by atoms with Crippen LogP contribution in [0.4, 0.5) is 8.78 Å². The largest absolute Gasteiger partial charge is 0.338 e. The number of alkyl halides is 2. The van der Waals surface area contributed by atoms with Crippen molar-refractivity contribution in [2.45, 2.75) is 25.3 Å². The maximum atomic E-state index is 13.2. The molecule has 1 aliphatic rings. The van der Waals surface area contributed by atoms with E-state index in [1.807, 2.05) is 30.3 Å². The fraction of sp³-hybridized carbons (Fsp3) is 0.227. The number of hydrogen-bond donors (Lipinski definition) is 0. The molecule has 3 aromatic heterocycles. The van der Waals surface area contributed by atoms with Gasteiger partial charge in [0.05, 0.1) is 16.8 Å². The fourth-order valence-electron chi connectivity index (χ4n) is 3.85. The van der Waals surface area contributed by atoms with E-state index in [-0.39, 0.29) is 23.4 Å². The second-order valence-electron chi connectivity index (χ2n) is 7.54. The minimum Gasteiger partial charge on any atom is -0.338 e. The van der Waals surface area contributed by atoms with Gasteiger partial charge in [0.2, 0.25) is 0 Å². The molecule has 156 valence electrons. The Labute approximate surface area is 176 Å². The molecular weight excluding hydrogens is 402 g/mol. The van der Waals surface area contributed by atoms with Crippen molar-refractivity contribution in [3.05, 3.63) is 71.4 Å². The van der Waals surface area contributed by atoms with E-state index in [1.165, 1.54) is 16.9 Å². The van der Waals surface area contributed by atoms with Crippen LogP contribution in [0, 0.1) is 0 Å². The lowest BCUT2D eigenvalue weighted by Crippen LogP contribution is -2.42. The zero-order valence-electron chi connectivity index (χ0n) is 16.6. The van der Waals surface area contributed by atoms with E-state index in [9.17, 15) is 13.6 Å². The van der Waals surface area contributed by atoms with Gasteiger partial charge in [0.1, 0.15) is 12.0 Å². The molecule has 0 spiro atoms. The van der Waals surface area contributed by atoms with Crippen LogP contribution in [0.3, 0.4) is 0 Å². The molecule has 0 aliphatic heterocycles. The van der Waals surface area contributed by atoms with Gasteiger partial charge >= 0.3 is 0 Å². The summed E-state index contributed by atoms with van der Waals surface area (Å²) in [6, 6.07) is 10.7. The first-order valence-corrected chi connectivity index (χ1v) is 9.80. The summed E-state index contributed by atoms with van der Waals surface area (Å²) in [5, 5.41) is 4.98. The van der Waals surface area contributed by atoms with E-state index in [2.05, 4.69) is 20.1 Å². The highest BCUT2D eigenvalue weighted by atomic mass is 19.3. The Morgan fingerprint density at radius 3 is 2.84 bits per heavy atom. The normalized spacial score (nSPS) is 16.0. The number of fused-ring (bicyclic) bond motifs is 2. The Morgan fingerprint density at radius 2 is 2.03 bits per heavy atom. The van der Waals surface area contributed by atoms with E-state index in [1.54, 1.807) is 24.2 Å². The summed E-state index contributed by atoms with van der Waals surface area (Å²) in [5.74, 6) is 0.0483. The standard InChI is InChI=1S/C22H18F2N6O/c1-29(21(31)17-6-2-4-14-5-3-7-25-19(14)17)15-8-13(9-15)10-16-11-18(20(23)24)28-22-26-12-27-30(16)22/h2-7,10-12,15,20H,8-9H2,1H3. The van der Waals surface area contributed by atoms with Crippen LogP contribution in [-0.2, 0) is 0 Å². The highest BCUT2D eigenvalue weighted by molar-refractivity contribution is 6.05. The van der Waals surface area contributed by atoms with Crippen LogP contribution < -0.4 is 0 Å². The van der Waals surface area contributed by atoms with Crippen LogP contribution in [0.15, 0.2) is 54.5 Å². The fourth-order valence-corrected chi connectivity index (χ4v) is 3.85. The molecule has 4 aromatic rings. The van der Waals surface area contributed by atoms with Gasteiger partial charge in [-0.1, -0.05) is 23.8 Å². The average Bonchev–Trinajstić information content (AvgIpc) is 3.23. The van der Waals surface area contributed by atoms with Gasteiger partial charge in [-0.05, 0) is 37.1 Å². The van der Waals surface area contributed by atoms with Crippen molar-refractivity contribution < 1.29 is 13.6 Å². The molecule has 0 saturated heterocycles. The highest BCUT2D eigenvalue weighted by Crippen LogP contribution is 2.33. The van der Waals surface area contributed by atoms with E-state index >= 15 is 0 Å². The van der Waals surface area contributed by atoms with E-state index in [0.717, 1.165) is 11.0 Å². The van der Waals surface area contributed by atoms with Crippen LogP contribution >= 0.6 is 0 Å². The number of para-hydroxylation sites is 1. The first kappa shape index (κ1) is 19.2. The van der Waals surface area contributed by atoms with Crippen molar-refractivity contribution in [3.63, 3.8) is 0 Å². The number of amides is 1. The van der Waals surface area contributed by atoms with Gasteiger partial charge in [-0.25, -0.2) is 13.8 Å². The third-order valence-corrected chi connectivity index (χ3v) is 5.60. The van der Waals surface area contributed by atoms with Crippen LogP contribution in [0.2, 0.25) is 0 Å². The van der Waals surface area contributed by atoms with E-state index < -0.39 is 6.43 Å². The molecule has 1 fully saturated rings. The number of nitrogens with zero attached hydrogens (tertiary/aromatic N) is 6. The molecule has 9 heteroatoms. The Bertz CT molecular complexity index is 1320. The lowest BCUT2D eigenvalue weighted by molar-refractivity contribution is 0.0701. The molecule has 1 aromatic carbocycles. The molecule has 0 radical (unpaired) electrons. The zero-order chi connectivity index (χ0) is 21.5. The van der Waals surface area contributed by atoms with Crippen LogP contribution in [0.1, 0.15) is 41.0 Å². The van der Waals surface area contributed by atoms with Crippen LogP contribution in [0.5, 0.6) is 0 Å². The summed E-state index contributed by atoms with van der Waals surface area (Å²) in [6.07, 6.45) is 3.41. The molecule has 7 nitrogen and oxygen atoms in total. The number of aromatic nitrogens is 5. The van der Waals surface area contributed by atoms with Gasteiger partial charge in [0.25, 0.3) is 18.1 Å². The first-order valence-electron chi connectivity index (χ1n) is 9.80. The van der Waals surface area contributed by atoms with Crippen molar-refractivity contribution in [2.24, 2.45) is 0 Å². The molecule has 3 heterocycles. The van der Waals surface area contributed by atoms with Crippen LogP contribution in [0.25, 0.3) is 22.8 Å². The number of carbonyl (C=O) groups is 1. The van der Waals surface area contributed by atoms with Crippen molar-refractivity contribution in [3.8, 4) is 0 Å². The molecule has 0 atom stereocenters. The lowest BCUT2D eigenvalue weighted by atomic mass is 9.84. The third-order valence-electron chi connectivity index (χ3n) is 5.60. The number of hydrogen-bond acceptors (Lipinski definition) is 5. The SMILES string of the molecule is CN(C(=O)c1cccc2cccnc12)C1CC(=Cc2cc(C(F)F)nc3ncnn23)C1. The molecular formula is C22H18F2N6O. The predicted molar refractivity (Wildman–Crippen MR) is 111 cm³/mol. The molecule has 1 saturated carbocycles. The van der Waals surface area contributed by atoms with Crippen LogP contribution in [-0.4, -0.2) is 48.5 Å². The second kappa shape index (κ2) is 7.50. The summed E-state index contributed by atoms with van der Waals surface area (Å²) in [6.45, 7) is 0. The minimum absolute atomic E-state index is 0.0281. The Hall–Kier alpha value is -3.75. The summed E-state index contributed by atoms with van der Waals surface area (Å²) >= 11 is 0. The summed E-state index contributed by atoms with van der Waals surface area (Å²) in [4.78, 5) is 26.9. The number of benzene rings is 1. The molecule has 0 bridgehead atoms. The molecule has 0 unspecified atom stereocenters. The molecule has 5 rings (SSSR count). The van der Waals surface area contributed by atoms with Crippen molar-refractivity contribution in [1.29, 1.82) is 0 Å². The van der Waals surface area contributed by atoms with Gasteiger partial charge in [-0.15, -0.1) is 0 Å². The number of pyridine rings is 1. The van der Waals surface area contributed by atoms with Gasteiger partial charge in [-0.3, -0.25) is 9.78 Å². The number of rotatable bonds is 4. The monoisotopic (exact) mass is 420 g/mol. The van der Waals surface area contributed by atoms with Gasteiger partial charge < -0.3 is 4.90 Å². The maximum Gasteiger partial charge on any atom is 0.280 e. The van der Waals surface area contributed by atoms with E-state index in [0.29, 0.717) is 29.6 Å². The Morgan fingerprint density at radius 1 is 1.23 bits per heavy atom. The summed E-state index contributed by atoms with van der Waals surface area (Å²) in [5.41, 5.74) is 2.46. The summed E-state index contributed by atoms with van der Waals surface area (Å²) < 4.78 is 27.7. The zero-order valence-corrected chi connectivity index (χ0v) is 16.6. The first-order chi connectivity index (χ1) is 15.0. The average molecular weight is 420 g/mol. The smallest absolute Gasteiger partial charge is 0.280 e. The molecule has 1 amide bonds. The lowest BCUT2D eigenvalue weighted by Gasteiger charge is -2.37. The van der Waals surface area contributed by atoms with Gasteiger partial charge in [0.15, 0.2) is 0 Å². The minimum atomic E-state index is -2.69.